The van der Waals surface area contributed by atoms with Crippen molar-refractivity contribution < 1.29 is 20.1 Å². The highest BCUT2D eigenvalue weighted by atomic mass is 35.5. The maximum Gasteiger partial charge on any atom is 0.206 e. The Hall–Kier alpha value is -0.890. The van der Waals surface area contributed by atoms with Gasteiger partial charge in [0.15, 0.2) is 6.23 Å². The van der Waals surface area contributed by atoms with E-state index in [1.54, 1.807) is 18.2 Å². The quantitative estimate of drug-likeness (QED) is 0.767. The van der Waals surface area contributed by atoms with Gasteiger partial charge in [-0.2, -0.15) is 0 Å². The molecule has 108 valence electrons. The van der Waals surface area contributed by atoms with Gasteiger partial charge in [0.1, 0.15) is 23.8 Å². The third-order valence-corrected chi connectivity index (χ3v) is 3.97. The smallest absolute Gasteiger partial charge is 0.206 e. The van der Waals surface area contributed by atoms with Crippen LogP contribution in [0.2, 0.25) is 10.3 Å². The van der Waals surface area contributed by atoms with E-state index in [2.05, 4.69) is 4.98 Å². The summed E-state index contributed by atoms with van der Waals surface area (Å²) in [5.74, 6) is 0. The third kappa shape index (κ3) is 2.00. The van der Waals surface area contributed by atoms with E-state index in [1.165, 1.54) is 4.57 Å². The lowest BCUT2D eigenvalue weighted by atomic mass is 10.1. The number of fused-ring (bicyclic) bond motifs is 1. The van der Waals surface area contributed by atoms with E-state index in [1.807, 2.05) is 0 Å². The van der Waals surface area contributed by atoms with Crippen LogP contribution >= 0.6 is 23.2 Å². The van der Waals surface area contributed by atoms with Gasteiger partial charge in [-0.15, -0.1) is 0 Å². The van der Waals surface area contributed by atoms with E-state index in [0.717, 1.165) is 0 Å². The minimum absolute atomic E-state index is 0.0861. The molecule has 8 heteroatoms. The average Bonchev–Trinajstić information content (AvgIpc) is 2.90. The molecule has 1 aromatic heterocycles. The number of aliphatic hydroxyl groups is 3. The Labute approximate surface area is 124 Å². The van der Waals surface area contributed by atoms with Gasteiger partial charge in [0.05, 0.1) is 17.1 Å². The Morgan fingerprint density at radius 3 is 2.65 bits per heavy atom. The van der Waals surface area contributed by atoms with Crippen molar-refractivity contribution in [3.05, 3.63) is 28.5 Å². The summed E-state index contributed by atoms with van der Waals surface area (Å²) in [5.41, 5.74) is 1.06. The minimum atomic E-state index is -1.22. The molecular formula is C12H12Cl2N2O4. The molecule has 3 N–H and O–H groups in total. The zero-order chi connectivity index (χ0) is 14.4. The summed E-state index contributed by atoms with van der Waals surface area (Å²) in [6, 6.07) is 5.13. The predicted octanol–water partition coefficient (Wildman–Crippen LogP) is 0.955. The molecule has 1 aliphatic rings. The maximum atomic E-state index is 10.1. The van der Waals surface area contributed by atoms with Crippen LogP contribution in [0.5, 0.6) is 0 Å². The second kappa shape index (κ2) is 5.14. The zero-order valence-corrected chi connectivity index (χ0v) is 11.7. The first-order valence-corrected chi connectivity index (χ1v) is 6.74. The monoisotopic (exact) mass is 318 g/mol. The molecule has 4 atom stereocenters. The van der Waals surface area contributed by atoms with Crippen LogP contribution in [0.25, 0.3) is 11.0 Å². The molecule has 6 nitrogen and oxygen atoms in total. The van der Waals surface area contributed by atoms with Gasteiger partial charge in [0.25, 0.3) is 0 Å². The number of aliphatic hydroxyl groups excluding tert-OH is 3. The third-order valence-electron chi connectivity index (χ3n) is 3.40. The maximum absolute atomic E-state index is 10.1. The van der Waals surface area contributed by atoms with Crippen LogP contribution < -0.4 is 0 Å². The fourth-order valence-corrected chi connectivity index (χ4v) is 2.87. The number of rotatable bonds is 2. The number of imidazole rings is 1. The van der Waals surface area contributed by atoms with Crippen LogP contribution in [0.4, 0.5) is 0 Å². The van der Waals surface area contributed by atoms with E-state index in [4.69, 9.17) is 33.0 Å². The van der Waals surface area contributed by atoms with Crippen LogP contribution in [-0.2, 0) is 4.74 Å². The van der Waals surface area contributed by atoms with Gasteiger partial charge in [-0.05, 0) is 23.7 Å². The number of hydrogen-bond donors (Lipinski definition) is 3. The molecule has 2 heterocycles. The van der Waals surface area contributed by atoms with Crippen LogP contribution in [0.1, 0.15) is 6.23 Å². The number of ether oxygens (including phenoxy) is 1. The number of nitrogens with zero attached hydrogens (tertiary/aromatic N) is 2. The first-order chi connectivity index (χ1) is 9.54. The van der Waals surface area contributed by atoms with Crippen molar-refractivity contribution in [2.75, 3.05) is 6.61 Å². The summed E-state index contributed by atoms with van der Waals surface area (Å²) in [6.45, 7) is -0.403. The fraction of sp³-hybridized carbons (Fsp3) is 0.417. The van der Waals surface area contributed by atoms with Gasteiger partial charge in [-0.3, -0.25) is 4.57 Å². The Morgan fingerprint density at radius 1 is 1.25 bits per heavy atom. The van der Waals surface area contributed by atoms with Gasteiger partial charge in [0.2, 0.25) is 5.28 Å². The Kier molecular flexibility index (Phi) is 3.62. The highest BCUT2D eigenvalue weighted by molar-refractivity contribution is 6.35. The lowest BCUT2D eigenvalue weighted by Crippen LogP contribution is -2.33. The summed E-state index contributed by atoms with van der Waals surface area (Å²) in [4.78, 5) is 4.13. The minimum Gasteiger partial charge on any atom is -0.394 e. The van der Waals surface area contributed by atoms with Crippen LogP contribution in [-0.4, -0.2) is 49.8 Å². The molecule has 1 saturated heterocycles. The first kappa shape index (κ1) is 14.1. The molecule has 1 fully saturated rings. The van der Waals surface area contributed by atoms with E-state index >= 15 is 0 Å². The molecule has 0 radical (unpaired) electrons. The van der Waals surface area contributed by atoms with Crippen molar-refractivity contribution in [3.8, 4) is 0 Å². The summed E-state index contributed by atoms with van der Waals surface area (Å²) in [5, 5.41) is 29.5. The second-order valence-electron chi connectivity index (χ2n) is 4.59. The van der Waals surface area contributed by atoms with E-state index in [9.17, 15) is 10.2 Å². The van der Waals surface area contributed by atoms with Crippen LogP contribution in [0.15, 0.2) is 18.2 Å². The van der Waals surface area contributed by atoms with Crippen molar-refractivity contribution in [1.82, 2.24) is 9.55 Å². The van der Waals surface area contributed by atoms with Crippen LogP contribution in [0.3, 0.4) is 0 Å². The van der Waals surface area contributed by atoms with Crippen molar-refractivity contribution in [2.24, 2.45) is 0 Å². The summed E-state index contributed by atoms with van der Waals surface area (Å²) < 4.78 is 6.90. The van der Waals surface area contributed by atoms with Crippen molar-refractivity contribution in [1.29, 1.82) is 0 Å². The molecule has 20 heavy (non-hydrogen) atoms. The van der Waals surface area contributed by atoms with Crippen molar-refractivity contribution in [2.45, 2.75) is 24.5 Å². The number of hydrogen-bond acceptors (Lipinski definition) is 5. The van der Waals surface area contributed by atoms with Gasteiger partial charge < -0.3 is 20.1 Å². The molecule has 0 unspecified atom stereocenters. The molecule has 0 spiro atoms. The van der Waals surface area contributed by atoms with Gasteiger partial charge in [-0.1, -0.05) is 17.7 Å². The fourth-order valence-electron chi connectivity index (χ4n) is 2.39. The molecule has 3 rings (SSSR count). The zero-order valence-electron chi connectivity index (χ0n) is 10.1. The topological polar surface area (TPSA) is 87.7 Å². The van der Waals surface area contributed by atoms with Crippen molar-refractivity contribution in [3.63, 3.8) is 0 Å². The molecule has 0 aliphatic carbocycles. The summed E-state index contributed by atoms with van der Waals surface area (Å²) in [7, 11) is 0. The number of para-hydroxylation sites is 1. The Morgan fingerprint density at radius 2 is 2.00 bits per heavy atom. The number of aromatic nitrogens is 2. The normalized spacial score (nSPS) is 30.2. The summed E-state index contributed by atoms with van der Waals surface area (Å²) >= 11 is 12.1. The molecule has 0 bridgehead atoms. The largest absolute Gasteiger partial charge is 0.394 e. The first-order valence-electron chi connectivity index (χ1n) is 5.99. The van der Waals surface area contributed by atoms with E-state index < -0.39 is 31.1 Å². The second-order valence-corrected chi connectivity index (χ2v) is 5.33. The van der Waals surface area contributed by atoms with Gasteiger partial charge >= 0.3 is 0 Å². The number of benzene rings is 1. The predicted molar refractivity (Wildman–Crippen MR) is 72.8 cm³/mol. The van der Waals surface area contributed by atoms with E-state index in [0.29, 0.717) is 16.1 Å². The molecule has 2 aromatic rings. The molecule has 1 aromatic carbocycles. The molecule has 0 amide bonds. The van der Waals surface area contributed by atoms with Gasteiger partial charge in [0, 0.05) is 0 Å². The van der Waals surface area contributed by atoms with Crippen molar-refractivity contribution >= 4 is 34.2 Å². The van der Waals surface area contributed by atoms with E-state index in [-0.39, 0.29) is 5.28 Å². The summed E-state index contributed by atoms with van der Waals surface area (Å²) in [6.07, 6.45) is -4.22. The van der Waals surface area contributed by atoms with Gasteiger partial charge in [-0.25, -0.2) is 4.98 Å². The molecule has 0 saturated carbocycles. The highest BCUT2D eigenvalue weighted by Crippen LogP contribution is 2.36. The lowest BCUT2D eigenvalue weighted by Gasteiger charge is -2.18. The average molecular weight is 319 g/mol. The Balaban J connectivity index is 2.11. The Bertz CT molecular complexity index is 648. The SMILES string of the molecule is OC[C@H]1O[C@@H](n2c(Cl)nc3c(Cl)cccc32)[C@H](O)[C@@H]1O. The van der Waals surface area contributed by atoms with Crippen LogP contribution in [0, 0.1) is 0 Å². The highest BCUT2D eigenvalue weighted by Gasteiger charge is 2.44. The molecule has 1 aliphatic heterocycles. The standard InChI is InChI=1S/C12H12Cl2N2O4/c13-5-2-1-3-6-8(5)15-12(14)16(6)11-10(19)9(18)7(4-17)20-11/h1-3,7,9-11,17-19H,4H2/t7-,9-,10-,11-/m1/s1. The molecular weight excluding hydrogens is 307 g/mol. The number of halogens is 2. The lowest BCUT2D eigenvalue weighted by molar-refractivity contribution is -0.0507.